The van der Waals surface area contributed by atoms with Gasteiger partial charge in [-0.1, -0.05) is 0 Å². The van der Waals surface area contributed by atoms with Crippen LogP contribution >= 0.6 is 7.82 Å². The second-order valence-electron chi connectivity index (χ2n) is 0.513. The van der Waals surface area contributed by atoms with E-state index in [1.54, 1.807) is 0 Å². The maximum Gasteiger partial charge on any atom is 0.466 e. The first-order chi connectivity index (χ1) is 2.00. The molecule has 0 aliphatic heterocycles. The molecule has 0 unspecified atom stereocenters. The molecule has 12 heavy (non-hydrogen) atoms. The molecule has 0 aromatic rings. The van der Waals surface area contributed by atoms with Crippen LogP contribution < -0.4 is 43.1 Å². The lowest BCUT2D eigenvalue weighted by Crippen LogP contribution is -1.66. The van der Waals surface area contributed by atoms with E-state index >= 15 is 0 Å². The Hall–Kier alpha value is -0.170. The molecule has 88 valence electrons. The van der Waals surface area contributed by atoms with Crippen LogP contribution in [0.2, 0.25) is 0 Å². The van der Waals surface area contributed by atoms with Gasteiger partial charge in [0.1, 0.15) is 0 Å². The lowest BCUT2D eigenvalue weighted by molar-refractivity contribution is 0.275. The first kappa shape index (κ1) is 94.6. The molecule has 0 aliphatic carbocycles. The smallest absolute Gasteiger partial charge is 0.344 e. The molecule has 12 heteroatoms. The molecule has 0 aromatic carbocycles. The van der Waals surface area contributed by atoms with Gasteiger partial charge in [-0.15, -0.1) is 0 Å². The summed E-state index contributed by atoms with van der Waals surface area (Å²) in [6.07, 6.45) is 0. The fourth-order valence-corrected chi connectivity index (χ4v) is 0. The molecule has 0 saturated heterocycles. The third-order valence-electron chi connectivity index (χ3n) is 0. The first-order valence-corrected chi connectivity index (χ1v) is 2.35. The highest BCUT2D eigenvalue weighted by molar-refractivity contribution is 7.45. The summed E-state index contributed by atoms with van der Waals surface area (Å²) in [5, 5.41) is 0. The Morgan fingerprint density at radius 1 is 0.583 bits per heavy atom. The fraction of sp³-hybridized carbons (Fsp3) is 0. The highest BCUT2D eigenvalue weighted by Crippen LogP contribution is 2.25. The monoisotopic (exact) mass is 217 g/mol. The second kappa shape index (κ2) is 30.8. The standard InChI is InChI=1S/7H3N.H3O4P/c;;;;;;;1-5(2,3)4/h7*1H3;(H3,1,2,3,4). The molecular formula is H24N7O4P. The van der Waals surface area contributed by atoms with Gasteiger partial charge in [-0.05, 0) is 0 Å². The van der Waals surface area contributed by atoms with Crippen molar-refractivity contribution in [2.45, 2.75) is 0 Å². The van der Waals surface area contributed by atoms with Gasteiger partial charge >= 0.3 is 7.82 Å². The average Bonchev–Trinajstić information content (AvgIpc) is 0.722. The van der Waals surface area contributed by atoms with E-state index in [0.29, 0.717) is 0 Å². The Labute approximate surface area is 71.3 Å². The molecule has 0 fully saturated rings. The van der Waals surface area contributed by atoms with Gasteiger partial charge in [-0.2, -0.15) is 0 Å². The lowest BCUT2D eigenvalue weighted by Gasteiger charge is -1.82. The van der Waals surface area contributed by atoms with E-state index < -0.39 is 7.82 Å². The lowest BCUT2D eigenvalue weighted by atomic mass is 14.0. The van der Waals surface area contributed by atoms with Crippen molar-refractivity contribution in [1.29, 1.82) is 0 Å². The van der Waals surface area contributed by atoms with Crippen molar-refractivity contribution in [3.05, 3.63) is 0 Å². The number of rotatable bonds is 0. The minimum absolute atomic E-state index is 0. The average molecular weight is 217 g/mol. The van der Waals surface area contributed by atoms with Gasteiger partial charge in [0.15, 0.2) is 0 Å². The van der Waals surface area contributed by atoms with Crippen LogP contribution in [0.4, 0.5) is 0 Å². The van der Waals surface area contributed by atoms with Gasteiger partial charge in [0.25, 0.3) is 0 Å². The largest absolute Gasteiger partial charge is 0.466 e. The third kappa shape index (κ3) is 26500. The highest BCUT2D eigenvalue weighted by Gasteiger charge is 2.00. The van der Waals surface area contributed by atoms with Gasteiger partial charge in [0, 0.05) is 0 Å². The van der Waals surface area contributed by atoms with Crippen LogP contribution in [0, 0.1) is 0 Å². The summed E-state index contributed by atoms with van der Waals surface area (Å²) in [5.41, 5.74) is 0. The van der Waals surface area contributed by atoms with Crippen LogP contribution in [0.25, 0.3) is 0 Å². The van der Waals surface area contributed by atoms with E-state index in [1.165, 1.54) is 0 Å². The quantitative estimate of drug-likeness (QED) is 0.244. The predicted molar refractivity (Wildman–Crippen MR) is 49.4 cm³/mol. The zero-order chi connectivity index (χ0) is 4.50. The van der Waals surface area contributed by atoms with Crippen molar-refractivity contribution in [3.63, 3.8) is 0 Å². The molecule has 11 nitrogen and oxygen atoms in total. The Balaban J connectivity index is -0.00000000381. The summed E-state index contributed by atoms with van der Waals surface area (Å²) in [5.74, 6) is 0. The Morgan fingerprint density at radius 3 is 0.583 bits per heavy atom. The molecule has 0 aromatic heterocycles. The van der Waals surface area contributed by atoms with Crippen LogP contribution in [-0.2, 0) is 4.57 Å². The molecule has 0 atom stereocenters. The summed E-state index contributed by atoms with van der Waals surface area (Å²) < 4.78 is 8.88. The van der Waals surface area contributed by atoms with Gasteiger partial charge in [0.05, 0.1) is 0 Å². The van der Waals surface area contributed by atoms with E-state index in [0.717, 1.165) is 0 Å². The molecule has 0 spiro atoms. The maximum absolute atomic E-state index is 8.88. The van der Waals surface area contributed by atoms with E-state index in [2.05, 4.69) is 0 Å². The molecule has 0 rings (SSSR count). The maximum atomic E-state index is 8.88. The van der Waals surface area contributed by atoms with Gasteiger partial charge in [0.2, 0.25) is 0 Å². The molecule has 0 saturated carbocycles. The SMILES string of the molecule is N.N.N.N.N.N.N.O=P(O)(O)O. The van der Waals surface area contributed by atoms with Gasteiger partial charge in [-0.25, -0.2) is 4.57 Å². The summed E-state index contributed by atoms with van der Waals surface area (Å²) in [6, 6.07) is 0. The zero-order valence-electron chi connectivity index (χ0n) is 7.15. The summed E-state index contributed by atoms with van der Waals surface area (Å²) in [7, 11) is -4.64. The van der Waals surface area contributed by atoms with Crippen LogP contribution in [0.5, 0.6) is 0 Å². The van der Waals surface area contributed by atoms with E-state index in [4.69, 9.17) is 19.2 Å². The fourth-order valence-electron chi connectivity index (χ4n) is 0. The van der Waals surface area contributed by atoms with E-state index in [1.807, 2.05) is 0 Å². The molecule has 24 N–H and O–H groups in total. The van der Waals surface area contributed by atoms with Crippen LogP contribution in [-0.4, -0.2) is 14.7 Å². The van der Waals surface area contributed by atoms with Gasteiger partial charge < -0.3 is 57.7 Å². The van der Waals surface area contributed by atoms with Gasteiger partial charge in [-0.3, -0.25) is 0 Å². The molecule has 0 amide bonds. The molecular weight excluding hydrogens is 193 g/mol. The summed E-state index contributed by atoms with van der Waals surface area (Å²) >= 11 is 0. The molecule has 0 heterocycles. The first-order valence-electron chi connectivity index (χ1n) is 0.783. The van der Waals surface area contributed by atoms with Crippen molar-refractivity contribution in [1.82, 2.24) is 43.1 Å². The summed E-state index contributed by atoms with van der Waals surface area (Å²) in [6.45, 7) is 0. The Morgan fingerprint density at radius 2 is 0.583 bits per heavy atom. The second-order valence-corrected chi connectivity index (χ2v) is 1.54. The van der Waals surface area contributed by atoms with Crippen LogP contribution in [0.3, 0.4) is 0 Å². The van der Waals surface area contributed by atoms with Crippen molar-refractivity contribution in [3.8, 4) is 0 Å². The van der Waals surface area contributed by atoms with Crippen molar-refractivity contribution < 1.29 is 19.2 Å². The Kier molecular flexibility index (Phi) is 243. The van der Waals surface area contributed by atoms with Crippen molar-refractivity contribution >= 4 is 7.82 Å². The van der Waals surface area contributed by atoms with E-state index in [9.17, 15) is 0 Å². The van der Waals surface area contributed by atoms with Crippen molar-refractivity contribution in [2.24, 2.45) is 0 Å². The van der Waals surface area contributed by atoms with Crippen LogP contribution in [0.15, 0.2) is 0 Å². The summed E-state index contributed by atoms with van der Waals surface area (Å²) in [4.78, 5) is 21.6. The Bertz CT molecular complexity index is 61.5. The predicted octanol–water partition coefficient (Wildman–Crippen LogP) is 0.205. The minimum Gasteiger partial charge on any atom is -0.344 e. The third-order valence-corrected chi connectivity index (χ3v) is 0. The number of hydrogen-bond acceptors (Lipinski definition) is 8. The molecule has 0 bridgehead atoms. The number of phosphoric acid groups is 1. The highest BCUT2D eigenvalue weighted by atomic mass is 31.2. The topological polar surface area (TPSA) is 323 Å². The molecule has 0 aliphatic rings. The van der Waals surface area contributed by atoms with E-state index in [-0.39, 0.29) is 43.1 Å². The minimum atomic E-state index is -4.64. The zero-order valence-corrected chi connectivity index (χ0v) is 8.04. The number of hydrogen-bond donors (Lipinski definition) is 10. The normalized spacial score (nSPS) is 4.92. The van der Waals surface area contributed by atoms with Crippen molar-refractivity contribution in [2.75, 3.05) is 0 Å². The van der Waals surface area contributed by atoms with Crippen LogP contribution in [0.1, 0.15) is 0 Å². The molecule has 0 radical (unpaired) electrons.